The molecule has 0 heterocycles. The van der Waals surface area contributed by atoms with Crippen LogP contribution in [-0.4, -0.2) is 65.5 Å². The summed E-state index contributed by atoms with van der Waals surface area (Å²) in [6.45, 7) is 4.01. The van der Waals surface area contributed by atoms with Crippen LogP contribution in [0.3, 0.4) is 0 Å². The van der Waals surface area contributed by atoms with E-state index in [1.165, 1.54) is 0 Å². The molecule has 10 nitrogen and oxygen atoms in total. The zero-order valence-electron chi connectivity index (χ0n) is 16.8. The van der Waals surface area contributed by atoms with E-state index in [1.54, 1.807) is 11.8 Å². The average molecular weight is 419 g/mol. The number of nitrogens with one attached hydrogen (secondary N) is 2. The Morgan fingerprint density at radius 1 is 1.07 bits per heavy atom. The Hall–Kier alpha value is -2.01. The number of aliphatic imine (C=N–C) groups is 1. The Morgan fingerprint density at radius 3 is 2.18 bits per heavy atom. The lowest BCUT2D eigenvalue weighted by molar-refractivity contribution is -0.142. The summed E-state index contributed by atoms with van der Waals surface area (Å²) >= 11 is 1.57. The number of rotatable bonds is 14. The number of carbonyl (C=O) groups excluding carboxylic acids is 2. The second-order valence-corrected chi connectivity index (χ2v) is 7.91. The van der Waals surface area contributed by atoms with Crippen molar-refractivity contribution in [2.75, 3.05) is 18.6 Å². The van der Waals surface area contributed by atoms with Crippen molar-refractivity contribution in [2.45, 2.75) is 57.7 Å². The first-order valence-corrected chi connectivity index (χ1v) is 10.6. The van der Waals surface area contributed by atoms with Crippen LogP contribution in [0.5, 0.6) is 0 Å². The first-order valence-electron chi connectivity index (χ1n) is 9.21. The predicted octanol–water partition coefficient (Wildman–Crippen LogP) is -0.779. The van der Waals surface area contributed by atoms with Crippen molar-refractivity contribution in [1.82, 2.24) is 10.6 Å². The van der Waals surface area contributed by atoms with E-state index in [1.807, 2.05) is 20.1 Å². The topological polar surface area (TPSA) is 186 Å². The molecule has 0 radical (unpaired) electrons. The molecule has 9 N–H and O–H groups in total. The summed E-state index contributed by atoms with van der Waals surface area (Å²) in [7, 11) is 0. The number of nitrogens with two attached hydrogens (primary N) is 3. The smallest absolute Gasteiger partial charge is 0.326 e. The highest BCUT2D eigenvalue weighted by molar-refractivity contribution is 7.98. The monoisotopic (exact) mass is 418 g/mol. The molecule has 0 aliphatic rings. The number of amides is 2. The molecule has 2 amide bonds. The molecule has 3 atom stereocenters. The number of carbonyl (C=O) groups is 3. The molecular weight excluding hydrogens is 384 g/mol. The van der Waals surface area contributed by atoms with Gasteiger partial charge in [0.1, 0.15) is 12.1 Å². The Balaban J connectivity index is 5.06. The van der Waals surface area contributed by atoms with E-state index < -0.39 is 35.9 Å². The molecule has 11 heteroatoms. The number of carboxylic acid groups (broad SMARTS) is 1. The summed E-state index contributed by atoms with van der Waals surface area (Å²) < 4.78 is 0. The molecule has 0 saturated carbocycles. The summed E-state index contributed by atoms with van der Waals surface area (Å²) in [5, 5.41) is 14.4. The van der Waals surface area contributed by atoms with Crippen molar-refractivity contribution < 1.29 is 19.5 Å². The standard InChI is InChI=1S/C17H34N6O4S/c1-10(2)9-13(16(26)27)23-15(25)12(5-4-7-21-17(19)20)22-14(24)11(18)6-8-28-3/h10-13H,4-9,18H2,1-3H3,(H,22,24)(H,23,25)(H,26,27)(H4,19,20,21)/t11-,12-,13-/m0/s1. The van der Waals surface area contributed by atoms with Gasteiger partial charge in [0.25, 0.3) is 0 Å². The van der Waals surface area contributed by atoms with Gasteiger partial charge in [-0.1, -0.05) is 13.8 Å². The number of aliphatic carboxylic acids is 1. The molecule has 0 aromatic rings. The molecule has 0 fully saturated rings. The lowest BCUT2D eigenvalue weighted by atomic mass is 10.0. The number of guanidine groups is 1. The van der Waals surface area contributed by atoms with Crippen LogP contribution in [0.1, 0.15) is 39.5 Å². The van der Waals surface area contributed by atoms with E-state index in [0.29, 0.717) is 18.6 Å². The van der Waals surface area contributed by atoms with Gasteiger partial charge >= 0.3 is 5.97 Å². The van der Waals surface area contributed by atoms with Crippen LogP contribution in [0.25, 0.3) is 0 Å². The number of nitrogens with zero attached hydrogens (tertiary/aromatic N) is 1. The third-order valence-corrected chi connectivity index (χ3v) is 4.51. The van der Waals surface area contributed by atoms with Crippen LogP contribution < -0.4 is 27.8 Å². The Bertz CT molecular complexity index is 540. The highest BCUT2D eigenvalue weighted by Crippen LogP contribution is 2.07. The van der Waals surface area contributed by atoms with Gasteiger partial charge < -0.3 is 32.9 Å². The Labute approximate surface area is 170 Å². The summed E-state index contributed by atoms with van der Waals surface area (Å²) in [6, 6.07) is -2.70. The minimum absolute atomic E-state index is 0.0630. The molecule has 0 aromatic carbocycles. The summed E-state index contributed by atoms with van der Waals surface area (Å²) in [4.78, 5) is 40.2. The zero-order chi connectivity index (χ0) is 21.7. The Morgan fingerprint density at radius 2 is 1.68 bits per heavy atom. The molecule has 0 aliphatic heterocycles. The van der Waals surface area contributed by atoms with Crippen LogP contribution in [0.2, 0.25) is 0 Å². The van der Waals surface area contributed by atoms with Crippen LogP contribution >= 0.6 is 11.8 Å². The maximum absolute atomic E-state index is 12.6. The van der Waals surface area contributed by atoms with Gasteiger partial charge in [-0.3, -0.25) is 14.6 Å². The molecule has 162 valence electrons. The number of carboxylic acids is 1. The van der Waals surface area contributed by atoms with Crippen molar-refractivity contribution in [2.24, 2.45) is 28.1 Å². The lowest BCUT2D eigenvalue weighted by Crippen LogP contribution is -2.54. The van der Waals surface area contributed by atoms with Gasteiger partial charge in [-0.2, -0.15) is 11.8 Å². The molecule has 0 spiro atoms. The highest BCUT2D eigenvalue weighted by Gasteiger charge is 2.28. The van der Waals surface area contributed by atoms with Gasteiger partial charge in [0.15, 0.2) is 5.96 Å². The number of hydrogen-bond acceptors (Lipinski definition) is 6. The van der Waals surface area contributed by atoms with Crippen LogP contribution in [0.15, 0.2) is 4.99 Å². The first-order chi connectivity index (χ1) is 13.1. The summed E-state index contributed by atoms with van der Waals surface area (Å²) in [5.74, 6) is -1.41. The van der Waals surface area contributed by atoms with Gasteiger partial charge in [-0.15, -0.1) is 0 Å². The second kappa shape index (κ2) is 14.1. The van der Waals surface area contributed by atoms with Gasteiger partial charge in [0, 0.05) is 6.54 Å². The fraction of sp³-hybridized carbons (Fsp3) is 0.765. The van der Waals surface area contributed by atoms with E-state index >= 15 is 0 Å². The van der Waals surface area contributed by atoms with Crippen molar-refractivity contribution in [3.8, 4) is 0 Å². The molecule has 0 bridgehead atoms. The van der Waals surface area contributed by atoms with Crippen LogP contribution in [-0.2, 0) is 14.4 Å². The van der Waals surface area contributed by atoms with E-state index in [4.69, 9.17) is 17.2 Å². The van der Waals surface area contributed by atoms with Gasteiger partial charge in [-0.05, 0) is 43.6 Å². The van der Waals surface area contributed by atoms with Gasteiger partial charge in [0.2, 0.25) is 11.8 Å². The van der Waals surface area contributed by atoms with Crippen molar-refractivity contribution >= 4 is 35.5 Å². The van der Waals surface area contributed by atoms with Crippen LogP contribution in [0, 0.1) is 5.92 Å². The third kappa shape index (κ3) is 11.7. The number of thioether (sulfide) groups is 1. The van der Waals surface area contributed by atoms with E-state index in [0.717, 1.165) is 0 Å². The summed E-state index contributed by atoms with van der Waals surface area (Å²) in [5.41, 5.74) is 16.4. The molecule has 0 unspecified atom stereocenters. The lowest BCUT2D eigenvalue weighted by Gasteiger charge is -2.23. The second-order valence-electron chi connectivity index (χ2n) is 6.93. The van der Waals surface area contributed by atoms with Crippen molar-refractivity contribution in [3.63, 3.8) is 0 Å². The van der Waals surface area contributed by atoms with E-state index in [2.05, 4.69) is 15.6 Å². The van der Waals surface area contributed by atoms with Gasteiger partial charge in [-0.25, -0.2) is 4.79 Å². The van der Waals surface area contributed by atoms with Crippen LogP contribution in [0.4, 0.5) is 0 Å². The quantitative estimate of drug-likeness (QED) is 0.120. The molecule has 0 aromatic heterocycles. The number of hydrogen-bond donors (Lipinski definition) is 6. The average Bonchev–Trinajstić information content (AvgIpc) is 2.60. The van der Waals surface area contributed by atoms with E-state index in [-0.39, 0.29) is 31.3 Å². The molecular formula is C17H34N6O4S. The largest absolute Gasteiger partial charge is 0.480 e. The SMILES string of the molecule is CSCC[C@H](N)C(=O)N[C@@H](CCCN=C(N)N)C(=O)N[C@@H](CC(C)C)C(=O)O. The van der Waals surface area contributed by atoms with E-state index in [9.17, 15) is 19.5 Å². The third-order valence-electron chi connectivity index (χ3n) is 3.87. The zero-order valence-corrected chi connectivity index (χ0v) is 17.6. The fourth-order valence-electron chi connectivity index (χ4n) is 2.39. The predicted molar refractivity (Wildman–Crippen MR) is 112 cm³/mol. The molecule has 0 rings (SSSR count). The van der Waals surface area contributed by atoms with Gasteiger partial charge in [0.05, 0.1) is 6.04 Å². The maximum atomic E-state index is 12.6. The minimum Gasteiger partial charge on any atom is -0.480 e. The molecule has 0 aliphatic carbocycles. The summed E-state index contributed by atoms with van der Waals surface area (Å²) in [6.07, 6.45) is 3.34. The first kappa shape index (κ1) is 26.0. The normalized spacial score (nSPS) is 14.0. The molecule has 0 saturated heterocycles. The molecule has 28 heavy (non-hydrogen) atoms. The minimum atomic E-state index is -1.12. The maximum Gasteiger partial charge on any atom is 0.326 e. The van der Waals surface area contributed by atoms with Crippen molar-refractivity contribution in [3.05, 3.63) is 0 Å². The fourth-order valence-corrected chi connectivity index (χ4v) is 2.88. The Kier molecular flexibility index (Phi) is 13.0. The van der Waals surface area contributed by atoms with Crippen molar-refractivity contribution in [1.29, 1.82) is 0 Å². The highest BCUT2D eigenvalue weighted by atomic mass is 32.2.